The molecule has 0 aliphatic rings. The van der Waals surface area contributed by atoms with Gasteiger partial charge in [-0.1, -0.05) is 36.0 Å². The number of methoxy groups -OCH3 is 1. The molecule has 0 aliphatic carbocycles. The zero-order chi connectivity index (χ0) is 18.5. The molecule has 0 spiro atoms. The van der Waals surface area contributed by atoms with Crippen LogP contribution in [0.2, 0.25) is 0 Å². The molecule has 1 amide bonds. The number of hydrogen-bond donors (Lipinski definition) is 1. The monoisotopic (exact) mass is 369 g/mol. The van der Waals surface area contributed by atoms with Gasteiger partial charge in [-0.25, -0.2) is 0 Å². The lowest BCUT2D eigenvalue weighted by Gasteiger charge is -2.11. The van der Waals surface area contributed by atoms with Gasteiger partial charge in [-0.3, -0.25) is 4.79 Å². The van der Waals surface area contributed by atoms with Crippen molar-refractivity contribution >= 4 is 23.4 Å². The molecule has 7 nitrogen and oxygen atoms in total. The molecule has 3 aromatic rings. The van der Waals surface area contributed by atoms with Gasteiger partial charge in [0.05, 0.1) is 24.2 Å². The molecular weight excluding hydrogens is 350 g/mol. The van der Waals surface area contributed by atoms with Gasteiger partial charge in [-0.15, -0.1) is 5.10 Å². The van der Waals surface area contributed by atoms with Gasteiger partial charge < -0.3 is 10.1 Å². The summed E-state index contributed by atoms with van der Waals surface area (Å²) in [5, 5.41) is 15.2. The lowest BCUT2D eigenvalue weighted by molar-refractivity contribution is -0.113. The molecule has 0 saturated heterocycles. The number of aryl methyl sites for hydroxylation is 2. The first-order valence-electron chi connectivity index (χ1n) is 8.00. The summed E-state index contributed by atoms with van der Waals surface area (Å²) in [5.74, 6) is 0.653. The number of nitrogens with one attached hydrogen (secondary N) is 1. The first-order valence-corrected chi connectivity index (χ1v) is 8.98. The average Bonchev–Trinajstić information content (AvgIpc) is 3.09. The molecule has 1 N–H and O–H groups in total. The van der Waals surface area contributed by atoms with Crippen LogP contribution in [0.4, 0.5) is 5.69 Å². The van der Waals surface area contributed by atoms with E-state index in [4.69, 9.17) is 4.74 Å². The largest absolute Gasteiger partial charge is 0.495 e. The summed E-state index contributed by atoms with van der Waals surface area (Å²) >= 11 is 1.28. The topological polar surface area (TPSA) is 81.9 Å². The maximum absolute atomic E-state index is 12.3. The van der Waals surface area contributed by atoms with Crippen LogP contribution in [0.25, 0.3) is 5.69 Å². The van der Waals surface area contributed by atoms with Crippen LogP contribution < -0.4 is 10.1 Å². The van der Waals surface area contributed by atoms with Crippen molar-refractivity contribution in [2.75, 3.05) is 18.2 Å². The van der Waals surface area contributed by atoms with Crippen molar-refractivity contribution in [3.05, 3.63) is 53.6 Å². The highest BCUT2D eigenvalue weighted by molar-refractivity contribution is 7.99. The molecule has 8 heteroatoms. The van der Waals surface area contributed by atoms with Gasteiger partial charge in [0.2, 0.25) is 11.1 Å². The summed E-state index contributed by atoms with van der Waals surface area (Å²) in [6.45, 7) is 3.95. The second-order valence-electron chi connectivity index (χ2n) is 5.70. The smallest absolute Gasteiger partial charge is 0.234 e. The van der Waals surface area contributed by atoms with Crippen molar-refractivity contribution in [3.8, 4) is 11.4 Å². The highest BCUT2D eigenvalue weighted by Gasteiger charge is 2.14. The number of carbonyl (C=O) groups excluding carboxylic acids is 1. The Balaban J connectivity index is 1.69. The Morgan fingerprint density at radius 2 is 2.04 bits per heavy atom. The Hall–Kier alpha value is -2.87. The summed E-state index contributed by atoms with van der Waals surface area (Å²) in [5.41, 5.74) is 3.63. The number of benzene rings is 2. The molecule has 1 aromatic heterocycles. The number of thioether (sulfide) groups is 1. The number of aromatic nitrogens is 4. The van der Waals surface area contributed by atoms with Crippen molar-refractivity contribution in [1.29, 1.82) is 0 Å². The van der Waals surface area contributed by atoms with E-state index < -0.39 is 0 Å². The summed E-state index contributed by atoms with van der Waals surface area (Å²) in [6.07, 6.45) is 0. The van der Waals surface area contributed by atoms with Crippen molar-refractivity contribution in [2.24, 2.45) is 0 Å². The Bertz CT molecular complexity index is 925. The van der Waals surface area contributed by atoms with Crippen LogP contribution in [0.1, 0.15) is 11.1 Å². The Labute approximate surface area is 155 Å². The maximum Gasteiger partial charge on any atom is 0.234 e. The Kier molecular flexibility index (Phi) is 5.52. The van der Waals surface area contributed by atoms with Crippen LogP contribution in [-0.4, -0.2) is 39.0 Å². The van der Waals surface area contributed by atoms with Crippen LogP contribution in [0.15, 0.2) is 47.6 Å². The van der Waals surface area contributed by atoms with Crippen molar-refractivity contribution in [3.63, 3.8) is 0 Å². The Morgan fingerprint density at radius 1 is 1.23 bits per heavy atom. The first kappa shape index (κ1) is 17.9. The zero-order valence-electron chi connectivity index (χ0n) is 14.8. The third kappa shape index (κ3) is 4.02. The van der Waals surface area contributed by atoms with E-state index in [2.05, 4.69) is 20.8 Å². The average molecular weight is 369 g/mol. The molecule has 26 heavy (non-hydrogen) atoms. The number of carbonyl (C=O) groups is 1. The van der Waals surface area contributed by atoms with E-state index >= 15 is 0 Å². The molecule has 1 heterocycles. The predicted octanol–water partition coefficient (Wildman–Crippen LogP) is 3.02. The minimum atomic E-state index is -0.154. The number of nitrogens with zero attached hydrogens (tertiary/aromatic N) is 4. The maximum atomic E-state index is 12.3. The lowest BCUT2D eigenvalue weighted by atomic mass is 10.2. The molecule has 0 aliphatic heterocycles. The van der Waals surface area contributed by atoms with Crippen LogP contribution in [0, 0.1) is 13.8 Å². The molecule has 0 saturated carbocycles. The lowest BCUT2D eigenvalue weighted by Crippen LogP contribution is -2.15. The van der Waals surface area contributed by atoms with E-state index in [9.17, 15) is 4.79 Å². The number of amides is 1. The van der Waals surface area contributed by atoms with Crippen LogP contribution in [0.3, 0.4) is 0 Å². The van der Waals surface area contributed by atoms with E-state index in [1.807, 2.05) is 56.3 Å². The van der Waals surface area contributed by atoms with E-state index in [-0.39, 0.29) is 11.7 Å². The van der Waals surface area contributed by atoms with Crippen molar-refractivity contribution in [1.82, 2.24) is 20.2 Å². The minimum Gasteiger partial charge on any atom is -0.495 e. The number of hydrogen-bond acceptors (Lipinski definition) is 6. The van der Waals surface area contributed by atoms with Gasteiger partial charge in [0.1, 0.15) is 5.75 Å². The standard InChI is InChI=1S/C18H19N5O2S/c1-12-8-9-16(25-3)14(10-12)19-17(24)11-26-18-20-21-22-23(18)15-7-5-4-6-13(15)2/h4-10H,11H2,1-3H3,(H,19,24). The van der Waals surface area contributed by atoms with Gasteiger partial charge >= 0.3 is 0 Å². The first-order chi connectivity index (χ1) is 12.6. The van der Waals surface area contributed by atoms with E-state index in [0.717, 1.165) is 16.8 Å². The molecule has 0 unspecified atom stereocenters. The second kappa shape index (κ2) is 8.01. The van der Waals surface area contributed by atoms with Gasteiger partial charge in [0.15, 0.2) is 0 Å². The van der Waals surface area contributed by atoms with E-state index in [0.29, 0.717) is 16.6 Å². The normalized spacial score (nSPS) is 10.6. The van der Waals surface area contributed by atoms with Crippen molar-refractivity contribution < 1.29 is 9.53 Å². The number of tetrazole rings is 1. The van der Waals surface area contributed by atoms with Crippen LogP contribution >= 0.6 is 11.8 Å². The van der Waals surface area contributed by atoms with E-state index in [1.165, 1.54) is 11.8 Å². The van der Waals surface area contributed by atoms with Gasteiger partial charge in [0, 0.05) is 0 Å². The molecule has 0 bridgehead atoms. The molecule has 134 valence electrons. The second-order valence-corrected chi connectivity index (χ2v) is 6.64. The number of ether oxygens (including phenoxy) is 1. The molecular formula is C18H19N5O2S. The fourth-order valence-electron chi connectivity index (χ4n) is 2.46. The number of anilines is 1. The molecule has 3 rings (SSSR count). The fourth-order valence-corrected chi connectivity index (χ4v) is 3.14. The van der Waals surface area contributed by atoms with Crippen LogP contribution in [0.5, 0.6) is 5.75 Å². The number of rotatable bonds is 6. The van der Waals surface area contributed by atoms with Gasteiger partial charge in [-0.05, 0) is 53.6 Å². The minimum absolute atomic E-state index is 0.154. The zero-order valence-corrected chi connectivity index (χ0v) is 15.6. The predicted molar refractivity (Wildman–Crippen MR) is 101 cm³/mol. The highest BCUT2D eigenvalue weighted by atomic mass is 32.2. The SMILES string of the molecule is COc1ccc(C)cc1NC(=O)CSc1nnnn1-c1ccccc1C. The number of para-hydroxylation sites is 1. The molecule has 0 radical (unpaired) electrons. The molecule has 0 atom stereocenters. The summed E-state index contributed by atoms with van der Waals surface area (Å²) in [4.78, 5) is 12.3. The van der Waals surface area contributed by atoms with Gasteiger partial charge in [0.25, 0.3) is 0 Å². The fraction of sp³-hybridized carbons (Fsp3) is 0.222. The summed E-state index contributed by atoms with van der Waals surface area (Å²) in [7, 11) is 1.57. The quantitative estimate of drug-likeness (QED) is 0.673. The summed E-state index contributed by atoms with van der Waals surface area (Å²) < 4.78 is 6.92. The highest BCUT2D eigenvalue weighted by Crippen LogP contribution is 2.26. The third-order valence-corrected chi connectivity index (χ3v) is 4.67. The van der Waals surface area contributed by atoms with Gasteiger partial charge in [-0.2, -0.15) is 4.68 Å². The van der Waals surface area contributed by atoms with Crippen LogP contribution in [-0.2, 0) is 4.79 Å². The third-order valence-electron chi connectivity index (χ3n) is 3.75. The van der Waals surface area contributed by atoms with E-state index in [1.54, 1.807) is 11.8 Å². The summed E-state index contributed by atoms with van der Waals surface area (Å²) in [6, 6.07) is 13.4. The molecule has 0 fully saturated rings. The molecule has 2 aromatic carbocycles. The Morgan fingerprint density at radius 3 is 2.81 bits per heavy atom. The van der Waals surface area contributed by atoms with Crippen molar-refractivity contribution in [2.45, 2.75) is 19.0 Å².